The fraction of sp³-hybridized carbons (Fsp3) is 0. The minimum atomic E-state index is 0.605. The van der Waals surface area contributed by atoms with Crippen molar-refractivity contribution >= 4 is 71.4 Å². The molecule has 0 aliphatic rings. The Labute approximate surface area is 322 Å². The number of hydrogen-bond acceptors (Lipinski definition) is 5. The molecule has 0 N–H and O–H groups in total. The van der Waals surface area contributed by atoms with E-state index in [1.807, 2.05) is 48.7 Å². The summed E-state index contributed by atoms with van der Waals surface area (Å²) in [5.41, 5.74) is 10.7. The van der Waals surface area contributed by atoms with E-state index in [0.29, 0.717) is 5.89 Å². The summed E-state index contributed by atoms with van der Waals surface area (Å²) < 4.78 is 6.10. The van der Waals surface area contributed by atoms with Gasteiger partial charge in [-0.25, -0.2) is 9.97 Å². The highest BCUT2D eigenvalue weighted by molar-refractivity contribution is 6.09. The molecule has 11 aromatic rings. The highest BCUT2D eigenvalue weighted by Gasteiger charge is 2.16. The van der Waals surface area contributed by atoms with E-state index in [0.717, 1.165) is 77.9 Å². The number of nitrogens with zero attached hydrogens (tertiary/aromatic N) is 4. The summed E-state index contributed by atoms with van der Waals surface area (Å²) in [5, 5.41) is 8.22. The van der Waals surface area contributed by atoms with Gasteiger partial charge in [0.25, 0.3) is 0 Å². The molecule has 0 saturated carbocycles. The van der Waals surface area contributed by atoms with Gasteiger partial charge in [0.2, 0.25) is 5.89 Å². The first-order valence-electron chi connectivity index (χ1n) is 18.7. The van der Waals surface area contributed by atoms with Crippen LogP contribution in [0.25, 0.3) is 88.3 Å². The second-order valence-corrected chi connectivity index (χ2v) is 14.1. The van der Waals surface area contributed by atoms with Crippen LogP contribution in [0.2, 0.25) is 0 Å². The molecule has 0 aliphatic heterocycles. The number of pyridine rings is 2. The van der Waals surface area contributed by atoms with Gasteiger partial charge in [0.05, 0.1) is 16.9 Å². The van der Waals surface area contributed by atoms with Gasteiger partial charge in [0, 0.05) is 50.7 Å². The molecule has 3 heterocycles. The van der Waals surface area contributed by atoms with Crippen molar-refractivity contribution in [2.45, 2.75) is 0 Å². The van der Waals surface area contributed by atoms with Crippen molar-refractivity contribution < 1.29 is 4.42 Å². The molecule has 5 heteroatoms. The zero-order valence-corrected chi connectivity index (χ0v) is 30.2. The van der Waals surface area contributed by atoms with Crippen LogP contribution in [0.1, 0.15) is 0 Å². The summed E-state index contributed by atoms with van der Waals surface area (Å²) in [7, 11) is 0. The van der Waals surface area contributed by atoms with Gasteiger partial charge in [0.15, 0.2) is 5.58 Å². The molecule has 262 valence electrons. The number of fused-ring (bicyclic) bond motifs is 6. The van der Waals surface area contributed by atoms with E-state index in [-0.39, 0.29) is 0 Å². The quantitative estimate of drug-likeness (QED) is 0.160. The predicted molar refractivity (Wildman–Crippen MR) is 231 cm³/mol. The van der Waals surface area contributed by atoms with E-state index in [2.05, 4.69) is 150 Å². The van der Waals surface area contributed by atoms with Crippen LogP contribution in [0, 0.1) is 0 Å². The normalized spacial score (nSPS) is 11.6. The molecule has 8 aromatic carbocycles. The largest absolute Gasteiger partial charge is 0.436 e. The summed E-state index contributed by atoms with van der Waals surface area (Å²) in [4.78, 5) is 16.8. The zero-order valence-electron chi connectivity index (χ0n) is 30.2. The predicted octanol–water partition coefficient (Wildman–Crippen LogP) is 13.7. The van der Waals surface area contributed by atoms with Crippen molar-refractivity contribution in [2.75, 3.05) is 4.90 Å². The summed E-state index contributed by atoms with van der Waals surface area (Å²) in [6, 6.07) is 65.8. The van der Waals surface area contributed by atoms with Crippen LogP contribution in [0.3, 0.4) is 0 Å². The van der Waals surface area contributed by atoms with Crippen LogP contribution in [0.4, 0.5) is 17.1 Å². The summed E-state index contributed by atoms with van der Waals surface area (Å²) >= 11 is 0. The summed E-state index contributed by atoms with van der Waals surface area (Å²) in [6.45, 7) is 0. The number of oxazole rings is 1. The fourth-order valence-corrected chi connectivity index (χ4v) is 7.80. The molecule has 0 amide bonds. The van der Waals surface area contributed by atoms with E-state index >= 15 is 0 Å². The second-order valence-electron chi connectivity index (χ2n) is 14.1. The molecule has 0 atom stereocenters. The number of hydrogen-bond donors (Lipinski definition) is 0. The van der Waals surface area contributed by atoms with Gasteiger partial charge >= 0.3 is 0 Å². The lowest BCUT2D eigenvalue weighted by atomic mass is 9.98. The van der Waals surface area contributed by atoms with Crippen molar-refractivity contribution in [3.63, 3.8) is 0 Å². The van der Waals surface area contributed by atoms with Gasteiger partial charge in [0.1, 0.15) is 5.52 Å². The number of para-hydroxylation sites is 3. The molecule has 5 nitrogen and oxygen atoms in total. The van der Waals surface area contributed by atoms with Crippen LogP contribution in [-0.4, -0.2) is 15.0 Å². The maximum Gasteiger partial charge on any atom is 0.227 e. The fourth-order valence-electron chi connectivity index (χ4n) is 7.80. The highest BCUT2D eigenvalue weighted by atomic mass is 16.3. The van der Waals surface area contributed by atoms with Gasteiger partial charge < -0.3 is 9.32 Å². The molecule has 11 rings (SSSR count). The minimum Gasteiger partial charge on any atom is -0.436 e. The van der Waals surface area contributed by atoms with E-state index in [4.69, 9.17) is 19.4 Å². The molecule has 0 unspecified atom stereocenters. The lowest BCUT2D eigenvalue weighted by Gasteiger charge is -2.26. The lowest BCUT2D eigenvalue weighted by molar-refractivity contribution is 0.620. The third-order valence-corrected chi connectivity index (χ3v) is 10.7. The third kappa shape index (κ3) is 5.62. The zero-order chi connectivity index (χ0) is 37.0. The van der Waals surface area contributed by atoms with Gasteiger partial charge in [-0.15, -0.1) is 0 Å². The van der Waals surface area contributed by atoms with Crippen LogP contribution in [-0.2, 0) is 0 Å². The Morgan fingerprint density at radius 3 is 1.77 bits per heavy atom. The lowest BCUT2D eigenvalue weighted by Crippen LogP contribution is -2.10. The van der Waals surface area contributed by atoms with Crippen molar-refractivity contribution in [3.05, 3.63) is 194 Å². The van der Waals surface area contributed by atoms with Gasteiger partial charge in [-0.05, 0) is 112 Å². The van der Waals surface area contributed by atoms with Gasteiger partial charge in [-0.2, -0.15) is 0 Å². The number of rotatable bonds is 6. The molecule has 0 radical (unpaired) electrons. The first-order chi connectivity index (χ1) is 27.7. The van der Waals surface area contributed by atoms with Gasteiger partial charge in [-0.1, -0.05) is 103 Å². The molecule has 0 spiro atoms. The average Bonchev–Trinajstić information content (AvgIpc) is 3.71. The number of benzene rings is 8. The second kappa shape index (κ2) is 13.0. The van der Waals surface area contributed by atoms with E-state index in [1.165, 1.54) is 21.5 Å². The molecular weight excluding hydrogens is 685 g/mol. The minimum absolute atomic E-state index is 0.605. The third-order valence-electron chi connectivity index (χ3n) is 10.7. The molecule has 0 aliphatic carbocycles. The van der Waals surface area contributed by atoms with Crippen LogP contribution in [0.15, 0.2) is 199 Å². The standard InChI is InChI=1S/C51H32N4O/c1-2-9-40-32-52-49(31-36(40)8-1)39-19-26-44-37(29-39)13-14-38-30-43(25-27-45(38)44)55(42-23-17-35(18-24-42)51-54-48-11-5-6-12-50(48)56-51)41-21-15-34(16-22-41)47-28-20-33-7-3-4-10-46(33)53-47/h1-32H. The van der Waals surface area contributed by atoms with Crippen molar-refractivity contribution in [1.29, 1.82) is 0 Å². The average molecular weight is 717 g/mol. The Hall–Kier alpha value is -7.63. The Kier molecular flexibility index (Phi) is 7.42. The van der Waals surface area contributed by atoms with Crippen molar-refractivity contribution in [2.24, 2.45) is 0 Å². The maximum atomic E-state index is 6.10. The molecule has 56 heavy (non-hydrogen) atoms. The first kappa shape index (κ1) is 31.9. The molecule has 3 aromatic heterocycles. The van der Waals surface area contributed by atoms with Crippen LogP contribution in [0.5, 0.6) is 0 Å². The summed E-state index contributed by atoms with van der Waals surface area (Å²) in [6.07, 6.45) is 1.96. The SMILES string of the molecule is c1ccc2cc(-c3ccc4c(ccc5cc(N(c6ccc(-c7ccc8ccccc8n7)cc6)c6ccc(-c7nc8ccccc8o7)cc6)ccc54)c3)ncc2c1. The Morgan fingerprint density at radius 1 is 0.375 bits per heavy atom. The molecule has 0 fully saturated rings. The monoisotopic (exact) mass is 716 g/mol. The Bertz CT molecular complexity index is 3230. The Morgan fingerprint density at radius 2 is 0.982 bits per heavy atom. The molecule has 0 saturated heterocycles. The van der Waals surface area contributed by atoms with Gasteiger partial charge in [-0.3, -0.25) is 4.98 Å². The highest BCUT2D eigenvalue weighted by Crippen LogP contribution is 2.40. The van der Waals surface area contributed by atoms with E-state index < -0.39 is 0 Å². The summed E-state index contributed by atoms with van der Waals surface area (Å²) in [5.74, 6) is 0.605. The smallest absolute Gasteiger partial charge is 0.227 e. The van der Waals surface area contributed by atoms with E-state index in [9.17, 15) is 0 Å². The maximum absolute atomic E-state index is 6.10. The molecular formula is C51H32N4O. The Balaban J connectivity index is 0.983. The van der Waals surface area contributed by atoms with Crippen LogP contribution < -0.4 is 4.90 Å². The molecule has 0 bridgehead atoms. The van der Waals surface area contributed by atoms with Crippen molar-refractivity contribution in [1.82, 2.24) is 15.0 Å². The first-order valence-corrected chi connectivity index (χ1v) is 18.7. The number of anilines is 3. The topological polar surface area (TPSA) is 55.1 Å². The van der Waals surface area contributed by atoms with Crippen LogP contribution >= 0.6 is 0 Å². The van der Waals surface area contributed by atoms with Crippen molar-refractivity contribution in [3.8, 4) is 34.0 Å². The van der Waals surface area contributed by atoms with E-state index in [1.54, 1.807) is 0 Å². The number of aromatic nitrogens is 3.